The number of fused-ring (bicyclic) bond motifs is 1. The van der Waals surface area contributed by atoms with Gasteiger partial charge in [0, 0.05) is 5.56 Å². The van der Waals surface area contributed by atoms with E-state index in [-0.39, 0.29) is 0 Å². The van der Waals surface area contributed by atoms with Gasteiger partial charge in [0.15, 0.2) is 0 Å². The molecule has 0 aliphatic rings. The fourth-order valence-electron chi connectivity index (χ4n) is 1.89. The SMILES string of the molecule is CC(C)c1ccc(-c2cn3nc(N)sc3n2)cc1. The molecular weight excluding hydrogens is 244 g/mol. The number of imidazole rings is 1. The molecule has 92 valence electrons. The van der Waals surface area contributed by atoms with Crippen molar-refractivity contribution in [3.8, 4) is 11.3 Å². The molecule has 2 aromatic heterocycles. The van der Waals surface area contributed by atoms with Crippen LogP contribution in [0.2, 0.25) is 0 Å². The second kappa shape index (κ2) is 4.10. The zero-order valence-corrected chi connectivity index (χ0v) is 11.1. The third-order valence-electron chi connectivity index (χ3n) is 2.93. The number of nitrogens with two attached hydrogens (primary N) is 1. The number of anilines is 1. The van der Waals surface area contributed by atoms with Crippen molar-refractivity contribution in [3.63, 3.8) is 0 Å². The molecule has 3 aromatic rings. The van der Waals surface area contributed by atoms with Gasteiger partial charge in [0.1, 0.15) is 0 Å². The van der Waals surface area contributed by atoms with E-state index in [9.17, 15) is 0 Å². The van der Waals surface area contributed by atoms with Gasteiger partial charge >= 0.3 is 0 Å². The minimum atomic E-state index is 0.541. The number of nitrogens with zero attached hydrogens (tertiary/aromatic N) is 3. The van der Waals surface area contributed by atoms with Crippen molar-refractivity contribution in [2.45, 2.75) is 19.8 Å². The fraction of sp³-hybridized carbons (Fsp3) is 0.231. The van der Waals surface area contributed by atoms with E-state index in [1.54, 1.807) is 4.52 Å². The number of hydrogen-bond donors (Lipinski definition) is 1. The monoisotopic (exact) mass is 258 g/mol. The smallest absolute Gasteiger partial charge is 0.214 e. The van der Waals surface area contributed by atoms with Gasteiger partial charge in [0.2, 0.25) is 10.1 Å². The summed E-state index contributed by atoms with van der Waals surface area (Å²) in [4.78, 5) is 5.35. The average Bonchev–Trinajstić information content (AvgIpc) is 2.86. The first kappa shape index (κ1) is 11.2. The van der Waals surface area contributed by atoms with Crippen LogP contribution < -0.4 is 5.73 Å². The highest BCUT2D eigenvalue weighted by molar-refractivity contribution is 7.20. The van der Waals surface area contributed by atoms with Gasteiger partial charge < -0.3 is 5.73 Å². The molecule has 0 saturated heterocycles. The zero-order valence-electron chi connectivity index (χ0n) is 10.3. The summed E-state index contributed by atoms with van der Waals surface area (Å²) in [6, 6.07) is 8.50. The molecular formula is C13H14N4S. The summed E-state index contributed by atoms with van der Waals surface area (Å²) in [5.74, 6) is 0.547. The molecule has 1 aromatic carbocycles. The molecule has 0 spiro atoms. The second-order valence-corrected chi connectivity index (χ2v) is 5.56. The van der Waals surface area contributed by atoms with Crippen LogP contribution >= 0.6 is 11.3 Å². The largest absolute Gasteiger partial charge is 0.374 e. The summed E-state index contributed by atoms with van der Waals surface area (Å²) in [6.45, 7) is 4.38. The maximum Gasteiger partial charge on any atom is 0.214 e. The number of aromatic nitrogens is 3. The summed E-state index contributed by atoms with van der Waals surface area (Å²) in [5, 5.41) is 4.70. The van der Waals surface area contributed by atoms with E-state index in [0.29, 0.717) is 11.0 Å². The van der Waals surface area contributed by atoms with Crippen LogP contribution in [0.25, 0.3) is 16.2 Å². The van der Waals surface area contributed by atoms with Gasteiger partial charge in [-0.1, -0.05) is 49.4 Å². The lowest BCUT2D eigenvalue weighted by Gasteiger charge is -2.05. The highest BCUT2D eigenvalue weighted by atomic mass is 32.1. The van der Waals surface area contributed by atoms with Crippen LogP contribution in [0, 0.1) is 0 Å². The lowest BCUT2D eigenvalue weighted by Crippen LogP contribution is -1.87. The fourth-order valence-corrected chi connectivity index (χ4v) is 2.54. The van der Waals surface area contributed by atoms with E-state index >= 15 is 0 Å². The Hall–Kier alpha value is -1.88. The number of hydrogen-bond acceptors (Lipinski definition) is 4. The van der Waals surface area contributed by atoms with Gasteiger partial charge in [-0.15, -0.1) is 5.10 Å². The van der Waals surface area contributed by atoms with E-state index in [2.05, 4.69) is 48.2 Å². The average molecular weight is 258 g/mol. The van der Waals surface area contributed by atoms with Gasteiger partial charge in [-0.2, -0.15) is 0 Å². The Labute approximate surface area is 109 Å². The first-order chi connectivity index (χ1) is 8.63. The zero-order chi connectivity index (χ0) is 12.7. The highest BCUT2D eigenvalue weighted by Gasteiger charge is 2.08. The van der Waals surface area contributed by atoms with E-state index in [1.807, 2.05) is 6.20 Å². The minimum absolute atomic E-state index is 0.541. The van der Waals surface area contributed by atoms with Crippen molar-refractivity contribution in [1.29, 1.82) is 0 Å². The van der Waals surface area contributed by atoms with Crippen LogP contribution in [0.5, 0.6) is 0 Å². The van der Waals surface area contributed by atoms with Gasteiger partial charge in [-0.05, 0) is 11.5 Å². The maximum atomic E-state index is 5.62. The molecule has 0 unspecified atom stereocenters. The first-order valence-corrected chi connectivity index (χ1v) is 6.67. The summed E-state index contributed by atoms with van der Waals surface area (Å²) < 4.78 is 1.73. The maximum absolute atomic E-state index is 5.62. The van der Waals surface area contributed by atoms with Crippen molar-refractivity contribution >= 4 is 21.4 Å². The summed E-state index contributed by atoms with van der Waals surface area (Å²) in [6.07, 6.45) is 1.91. The predicted octanol–water partition coefficient (Wildman–Crippen LogP) is 3.16. The van der Waals surface area contributed by atoms with E-state index < -0.39 is 0 Å². The van der Waals surface area contributed by atoms with Crippen LogP contribution in [-0.4, -0.2) is 14.6 Å². The van der Waals surface area contributed by atoms with E-state index in [4.69, 9.17) is 5.73 Å². The van der Waals surface area contributed by atoms with Crippen LogP contribution in [-0.2, 0) is 0 Å². The molecule has 4 nitrogen and oxygen atoms in total. The van der Waals surface area contributed by atoms with Crippen molar-refractivity contribution < 1.29 is 0 Å². The Bertz CT molecular complexity index is 647. The molecule has 2 heterocycles. The molecule has 0 amide bonds. The first-order valence-electron chi connectivity index (χ1n) is 5.85. The lowest BCUT2D eigenvalue weighted by molar-refractivity contribution is 0.867. The molecule has 0 radical (unpaired) electrons. The number of nitrogen functional groups attached to an aromatic ring is 1. The second-order valence-electron chi connectivity index (χ2n) is 4.57. The van der Waals surface area contributed by atoms with Crippen molar-refractivity contribution in [2.24, 2.45) is 0 Å². The predicted molar refractivity (Wildman–Crippen MR) is 74.8 cm³/mol. The van der Waals surface area contributed by atoms with Crippen LogP contribution in [0.3, 0.4) is 0 Å². The van der Waals surface area contributed by atoms with E-state index in [1.165, 1.54) is 16.9 Å². The lowest BCUT2D eigenvalue weighted by atomic mass is 10.0. The topological polar surface area (TPSA) is 56.2 Å². The molecule has 0 aliphatic heterocycles. The van der Waals surface area contributed by atoms with Crippen molar-refractivity contribution in [1.82, 2.24) is 14.6 Å². The number of benzene rings is 1. The molecule has 0 aliphatic carbocycles. The van der Waals surface area contributed by atoms with Gasteiger partial charge in [-0.3, -0.25) is 0 Å². The molecule has 0 bridgehead atoms. The highest BCUT2D eigenvalue weighted by Crippen LogP contribution is 2.24. The number of rotatable bonds is 2. The third kappa shape index (κ3) is 1.86. The van der Waals surface area contributed by atoms with Crippen LogP contribution in [0.1, 0.15) is 25.3 Å². The van der Waals surface area contributed by atoms with Crippen LogP contribution in [0.15, 0.2) is 30.5 Å². The molecule has 5 heteroatoms. The van der Waals surface area contributed by atoms with Gasteiger partial charge in [-0.25, -0.2) is 9.50 Å². The standard InChI is InChI=1S/C13H14N4S/c1-8(2)9-3-5-10(6-4-9)11-7-17-13(15-11)18-12(14)16-17/h3-8H,1-2H3,(H2,14,16). The quantitative estimate of drug-likeness (QED) is 0.768. The molecule has 18 heavy (non-hydrogen) atoms. The molecule has 2 N–H and O–H groups in total. The van der Waals surface area contributed by atoms with E-state index in [0.717, 1.165) is 16.2 Å². The normalized spacial score (nSPS) is 11.5. The van der Waals surface area contributed by atoms with Crippen molar-refractivity contribution in [3.05, 3.63) is 36.0 Å². The Morgan fingerprint density at radius 1 is 1.22 bits per heavy atom. The van der Waals surface area contributed by atoms with Gasteiger partial charge in [0.25, 0.3) is 0 Å². The van der Waals surface area contributed by atoms with Gasteiger partial charge in [0.05, 0.1) is 11.9 Å². The minimum Gasteiger partial charge on any atom is -0.374 e. The Morgan fingerprint density at radius 3 is 2.56 bits per heavy atom. The summed E-state index contributed by atoms with van der Waals surface area (Å²) in [5.41, 5.74) is 9.00. The van der Waals surface area contributed by atoms with Crippen LogP contribution in [0.4, 0.5) is 5.13 Å². The Balaban J connectivity index is 2.00. The summed E-state index contributed by atoms with van der Waals surface area (Å²) >= 11 is 1.39. The molecule has 0 saturated carbocycles. The Morgan fingerprint density at radius 2 is 1.94 bits per heavy atom. The Kier molecular flexibility index (Phi) is 2.56. The molecule has 0 fully saturated rings. The summed E-state index contributed by atoms with van der Waals surface area (Å²) in [7, 11) is 0. The third-order valence-corrected chi connectivity index (χ3v) is 3.68. The molecule has 0 atom stereocenters. The molecule has 3 rings (SSSR count). The van der Waals surface area contributed by atoms with Crippen molar-refractivity contribution in [2.75, 3.05) is 5.73 Å².